The molecule has 1 aliphatic carbocycles. The van der Waals surface area contributed by atoms with Crippen molar-refractivity contribution < 1.29 is 14.6 Å². The Morgan fingerprint density at radius 3 is 2.68 bits per heavy atom. The maximum atomic E-state index is 12.2. The maximum absolute atomic E-state index is 12.2. The van der Waals surface area contributed by atoms with Crippen LogP contribution >= 0.6 is 0 Å². The van der Waals surface area contributed by atoms with Crippen LogP contribution in [0.3, 0.4) is 0 Å². The fourth-order valence-corrected chi connectivity index (χ4v) is 3.07. The lowest BCUT2D eigenvalue weighted by atomic mass is 9.92. The van der Waals surface area contributed by atoms with E-state index in [1.165, 1.54) is 0 Å². The Morgan fingerprint density at radius 1 is 1.16 bits per heavy atom. The second kappa shape index (κ2) is 8.62. The van der Waals surface area contributed by atoms with Crippen LogP contribution < -0.4 is 10.1 Å². The molecule has 5 heteroatoms. The molecule has 0 bridgehead atoms. The number of amides is 1. The van der Waals surface area contributed by atoms with E-state index in [0.717, 1.165) is 42.7 Å². The molecular weight excluding hydrogens is 316 g/mol. The first-order valence-corrected chi connectivity index (χ1v) is 8.80. The first-order valence-electron chi connectivity index (χ1n) is 8.80. The Morgan fingerprint density at radius 2 is 1.96 bits per heavy atom. The summed E-state index contributed by atoms with van der Waals surface area (Å²) < 4.78 is 5.69. The van der Waals surface area contributed by atoms with Crippen LogP contribution in [-0.2, 0) is 17.8 Å². The van der Waals surface area contributed by atoms with Crippen LogP contribution in [0.2, 0.25) is 0 Å². The monoisotopic (exact) mass is 340 g/mol. The molecule has 1 heterocycles. The van der Waals surface area contributed by atoms with E-state index in [2.05, 4.69) is 10.3 Å². The lowest BCUT2D eigenvalue weighted by Crippen LogP contribution is -2.45. The van der Waals surface area contributed by atoms with Gasteiger partial charge in [-0.05, 0) is 42.7 Å². The van der Waals surface area contributed by atoms with Gasteiger partial charge >= 0.3 is 0 Å². The predicted octanol–water partition coefficient (Wildman–Crippen LogP) is 2.62. The fraction of sp³-hybridized carbons (Fsp3) is 0.400. The lowest BCUT2D eigenvalue weighted by Gasteiger charge is -2.28. The molecule has 25 heavy (non-hydrogen) atoms. The van der Waals surface area contributed by atoms with E-state index in [1.54, 1.807) is 6.20 Å². The molecule has 0 aliphatic heterocycles. The van der Waals surface area contributed by atoms with Gasteiger partial charge in [-0.2, -0.15) is 0 Å². The first kappa shape index (κ1) is 17.4. The van der Waals surface area contributed by atoms with E-state index in [-0.39, 0.29) is 11.9 Å². The summed E-state index contributed by atoms with van der Waals surface area (Å²) >= 11 is 0. The van der Waals surface area contributed by atoms with E-state index in [9.17, 15) is 9.90 Å². The van der Waals surface area contributed by atoms with Gasteiger partial charge in [0.2, 0.25) is 5.91 Å². The maximum Gasteiger partial charge on any atom is 0.224 e. The van der Waals surface area contributed by atoms with Crippen molar-refractivity contribution in [2.24, 2.45) is 0 Å². The van der Waals surface area contributed by atoms with Crippen LogP contribution in [0, 0.1) is 0 Å². The van der Waals surface area contributed by atoms with Crippen molar-refractivity contribution >= 4 is 5.91 Å². The minimum absolute atomic E-state index is 0.0481. The molecule has 0 spiro atoms. The normalized spacial score (nSPS) is 20.0. The van der Waals surface area contributed by atoms with Crippen molar-refractivity contribution in [1.82, 2.24) is 10.3 Å². The summed E-state index contributed by atoms with van der Waals surface area (Å²) in [4.78, 5) is 16.4. The molecule has 1 aromatic heterocycles. The Kier molecular flexibility index (Phi) is 6.01. The summed E-state index contributed by atoms with van der Waals surface area (Å²) in [7, 11) is 0. The Bertz CT molecular complexity index is 673. The Labute approximate surface area is 148 Å². The number of aliphatic hydroxyl groups excluding tert-OH is 1. The van der Waals surface area contributed by atoms with Crippen LogP contribution in [0.15, 0.2) is 48.7 Å². The number of pyridine rings is 1. The zero-order chi connectivity index (χ0) is 17.5. The standard InChI is InChI=1S/C20H24N2O3/c23-19-7-2-1-6-18(19)22-20(24)13-15-8-10-17(11-9-15)25-14-16-5-3-4-12-21-16/h3-5,8-12,18-19,23H,1-2,6-7,13-14H2,(H,22,24). The highest BCUT2D eigenvalue weighted by atomic mass is 16.5. The number of hydrogen-bond acceptors (Lipinski definition) is 4. The molecule has 1 aromatic carbocycles. The van der Waals surface area contributed by atoms with Gasteiger partial charge in [-0.1, -0.05) is 31.0 Å². The molecule has 1 fully saturated rings. The number of aliphatic hydroxyl groups is 1. The average molecular weight is 340 g/mol. The van der Waals surface area contributed by atoms with Gasteiger partial charge in [0, 0.05) is 6.20 Å². The van der Waals surface area contributed by atoms with Gasteiger partial charge in [-0.3, -0.25) is 9.78 Å². The van der Waals surface area contributed by atoms with Gasteiger partial charge in [0.25, 0.3) is 0 Å². The number of hydrogen-bond donors (Lipinski definition) is 2. The largest absolute Gasteiger partial charge is 0.487 e. The second-order valence-corrected chi connectivity index (χ2v) is 6.46. The summed E-state index contributed by atoms with van der Waals surface area (Å²) in [6.45, 7) is 0.417. The van der Waals surface area contributed by atoms with Crippen molar-refractivity contribution in [3.8, 4) is 5.75 Å². The highest BCUT2D eigenvalue weighted by molar-refractivity contribution is 5.79. The number of benzene rings is 1. The summed E-state index contributed by atoms with van der Waals surface area (Å²) in [6.07, 6.45) is 5.35. The van der Waals surface area contributed by atoms with Crippen LogP contribution in [0.4, 0.5) is 0 Å². The van der Waals surface area contributed by atoms with Crippen molar-refractivity contribution in [3.05, 3.63) is 59.9 Å². The predicted molar refractivity (Wildman–Crippen MR) is 95.1 cm³/mol. The van der Waals surface area contributed by atoms with E-state index in [1.807, 2.05) is 42.5 Å². The molecule has 0 radical (unpaired) electrons. The van der Waals surface area contributed by atoms with Gasteiger partial charge in [-0.25, -0.2) is 0 Å². The first-order chi connectivity index (χ1) is 12.2. The van der Waals surface area contributed by atoms with E-state index >= 15 is 0 Å². The molecule has 2 aromatic rings. The zero-order valence-corrected chi connectivity index (χ0v) is 14.2. The summed E-state index contributed by atoms with van der Waals surface area (Å²) in [5.41, 5.74) is 1.80. The van der Waals surface area contributed by atoms with Crippen molar-refractivity contribution in [1.29, 1.82) is 0 Å². The topological polar surface area (TPSA) is 71.5 Å². The van der Waals surface area contributed by atoms with Gasteiger partial charge < -0.3 is 15.2 Å². The zero-order valence-electron chi connectivity index (χ0n) is 14.2. The minimum atomic E-state index is -0.417. The highest BCUT2D eigenvalue weighted by Gasteiger charge is 2.24. The summed E-state index contributed by atoms with van der Waals surface area (Å²) in [5.74, 6) is 0.700. The third-order valence-electron chi connectivity index (χ3n) is 4.48. The molecule has 2 N–H and O–H groups in total. The van der Waals surface area contributed by atoms with Gasteiger partial charge in [0.05, 0.1) is 24.3 Å². The van der Waals surface area contributed by atoms with Crippen LogP contribution in [0.25, 0.3) is 0 Å². The molecule has 3 rings (SSSR count). The van der Waals surface area contributed by atoms with E-state index < -0.39 is 6.10 Å². The molecule has 2 atom stereocenters. The second-order valence-electron chi connectivity index (χ2n) is 6.46. The van der Waals surface area contributed by atoms with Gasteiger partial charge in [-0.15, -0.1) is 0 Å². The number of carbonyl (C=O) groups is 1. The molecular formula is C20H24N2O3. The lowest BCUT2D eigenvalue weighted by molar-refractivity contribution is -0.122. The Hall–Kier alpha value is -2.40. The third kappa shape index (κ3) is 5.29. The Balaban J connectivity index is 1.47. The fourth-order valence-electron chi connectivity index (χ4n) is 3.07. The quantitative estimate of drug-likeness (QED) is 0.848. The van der Waals surface area contributed by atoms with Crippen molar-refractivity contribution in [2.75, 3.05) is 0 Å². The van der Waals surface area contributed by atoms with E-state index in [0.29, 0.717) is 13.0 Å². The molecule has 1 aliphatic rings. The number of ether oxygens (including phenoxy) is 1. The number of carbonyl (C=O) groups excluding carboxylic acids is 1. The van der Waals surface area contributed by atoms with Crippen LogP contribution in [-0.4, -0.2) is 28.1 Å². The molecule has 1 saturated carbocycles. The number of rotatable bonds is 6. The summed E-state index contributed by atoms with van der Waals surface area (Å²) in [5, 5.41) is 12.9. The number of nitrogens with zero attached hydrogens (tertiary/aromatic N) is 1. The number of nitrogens with one attached hydrogen (secondary N) is 1. The smallest absolute Gasteiger partial charge is 0.224 e. The summed E-state index contributed by atoms with van der Waals surface area (Å²) in [6, 6.07) is 13.1. The van der Waals surface area contributed by atoms with Gasteiger partial charge in [0.15, 0.2) is 0 Å². The van der Waals surface area contributed by atoms with Crippen LogP contribution in [0.1, 0.15) is 36.9 Å². The average Bonchev–Trinajstić information content (AvgIpc) is 2.64. The van der Waals surface area contributed by atoms with Crippen molar-refractivity contribution in [3.63, 3.8) is 0 Å². The molecule has 2 unspecified atom stereocenters. The number of aromatic nitrogens is 1. The highest BCUT2D eigenvalue weighted by Crippen LogP contribution is 2.19. The molecule has 132 valence electrons. The molecule has 1 amide bonds. The van der Waals surface area contributed by atoms with Crippen molar-refractivity contribution in [2.45, 2.75) is 50.9 Å². The van der Waals surface area contributed by atoms with E-state index in [4.69, 9.17) is 4.74 Å². The molecule has 0 saturated heterocycles. The van der Waals surface area contributed by atoms with Gasteiger partial charge in [0.1, 0.15) is 12.4 Å². The van der Waals surface area contributed by atoms with Crippen LogP contribution in [0.5, 0.6) is 5.75 Å². The molecule has 5 nitrogen and oxygen atoms in total. The minimum Gasteiger partial charge on any atom is -0.487 e. The third-order valence-corrected chi connectivity index (χ3v) is 4.48. The SMILES string of the molecule is O=C(Cc1ccc(OCc2ccccn2)cc1)NC1CCCCC1O.